The third-order valence-electron chi connectivity index (χ3n) is 1.56. The maximum Gasteiger partial charge on any atom is 0.0717 e. The Balaban J connectivity index is 1.79. The topological polar surface area (TPSA) is 0 Å². The van der Waals surface area contributed by atoms with Crippen LogP contribution in [0.15, 0.2) is 36.1 Å². The van der Waals surface area contributed by atoms with Gasteiger partial charge in [-0.3, -0.25) is 0 Å². The summed E-state index contributed by atoms with van der Waals surface area (Å²) in [6, 6.07) is 0. The molecule has 0 bridgehead atoms. The van der Waals surface area contributed by atoms with Gasteiger partial charge in [0.15, 0.2) is 0 Å². The third kappa shape index (κ3) is 2.63. The van der Waals surface area contributed by atoms with Gasteiger partial charge in [0, 0.05) is 0 Å². The Morgan fingerprint density at radius 1 is 0.733 bits per heavy atom. The molecule has 3 aliphatic rings. The average molecular weight is 418 g/mol. The minimum atomic E-state index is 1.38. The lowest BCUT2D eigenvalue weighted by Gasteiger charge is -2.02. The lowest BCUT2D eigenvalue weighted by Crippen LogP contribution is -1.68. The molecule has 0 radical (unpaired) electrons. The monoisotopic (exact) mass is 418 g/mol. The van der Waals surface area contributed by atoms with Gasteiger partial charge < -0.3 is 0 Å². The van der Waals surface area contributed by atoms with Gasteiger partial charge in [-0.15, -0.1) is 0 Å². The number of halogens is 1. The zero-order chi connectivity index (χ0) is 10.3. The van der Waals surface area contributed by atoms with Crippen molar-refractivity contribution in [3.8, 4) is 0 Å². The van der Waals surface area contributed by atoms with Crippen molar-refractivity contribution in [2.45, 2.75) is 0 Å². The van der Waals surface area contributed by atoms with Gasteiger partial charge in [-0.25, -0.2) is 0 Å². The van der Waals surface area contributed by atoms with E-state index >= 15 is 0 Å². The van der Waals surface area contributed by atoms with Crippen molar-refractivity contribution >= 4 is 93.2 Å². The van der Waals surface area contributed by atoms with Crippen molar-refractivity contribution in [3.05, 3.63) is 36.1 Å². The predicted octanol–water partition coefficient (Wildman–Crippen LogP) is 6.38. The fraction of sp³-hybridized carbons (Fsp3) is 0. The molecule has 3 rings (SSSR count). The number of hydrogen-bond acceptors (Lipinski definition) is 6. The Hall–Kier alpha value is 1.79. The van der Waals surface area contributed by atoms with Gasteiger partial charge >= 0.3 is 0 Å². The Bertz CT molecular complexity index is 410. The van der Waals surface area contributed by atoms with Crippen LogP contribution in [0.25, 0.3) is 0 Å². The van der Waals surface area contributed by atoms with E-state index in [1.807, 2.05) is 70.6 Å². The first-order chi connectivity index (χ1) is 7.33. The molecule has 0 spiro atoms. The van der Waals surface area contributed by atoms with Gasteiger partial charge in [0.05, 0.1) is 19.9 Å². The standard InChI is InChI=1S/C8H3IS6/c9-4-3-12-7(13-4)8-14-5-6(15-8)11-2-1-10-5/h1-3H. The lowest BCUT2D eigenvalue weighted by molar-refractivity contribution is 2.31. The first kappa shape index (κ1) is 11.9. The highest BCUT2D eigenvalue weighted by atomic mass is 127. The molecule has 0 saturated carbocycles. The van der Waals surface area contributed by atoms with Crippen LogP contribution in [-0.2, 0) is 0 Å². The first-order valence-electron chi connectivity index (χ1n) is 3.86. The molecule has 3 aliphatic heterocycles. The minimum Gasteiger partial charge on any atom is -0.0884 e. The van der Waals surface area contributed by atoms with Gasteiger partial charge in [0.25, 0.3) is 0 Å². The van der Waals surface area contributed by atoms with E-state index in [4.69, 9.17) is 0 Å². The van der Waals surface area contributed by atoms with Crippen LogP contribution in [0.5, 0.6) is 0 Å². The molecule has 0 aliphatic carbocycles. The summed E-state index contributed by atoms with van der Waals surface area (Å²) in [7, 11) is 0. The molecule has 0 atom stereocenters. The molecule has 0 N–H and O–H groups in total. The maximum atomic E-state index is 2.39. The Morgan fingerprint density at radius 2 is 1.33 bits per heavy atom. The normalized spacial score (nSPS) is 25.0. The smallest absolute Gasteiger partial charge is 0.0717 e. The quantitative estimate of drug-likeness (QED) is 0.416. The second-order valence-corrected chi connectivity index (χ2v) is 11.2. The highest BCUT2D eigenvalue weighted by Crippen LogP contribution is 2.64. The molecule has 0 unspecified atom stereocenters. The second-order valence-electron chi connectivity index (χ2n) is 2.50. The molecule has 78 valence electrons. The van der Waals surface area contributed by atoms with Crippen LogP contribution in [0.1, 0.15) is 0 Å². The summed E-state index contributed by atoms with van der Waals surface area (Å²) in [6.07, 6.45) is 0. The fourth-order valence-electron chi connectivity index (χ4n) is 1.01. The Morgan fingerprint density at radius 3 is 1.87 bits per heavy atom. The van der Waals surface area contributed by atoms with Crippen molar-refractivity contribution < 1.29 is 0 Å². The summed E-state index contributed by atoms with van der Waals surface area (Å²) in [5.41, 5.74) is 0. The molecular formula is C8H3IS6. The van der Waals surface area contributed by atoms with Crippen LogP contribution >= 0.6 is 93.2 Å². The van der Waals surface area contributed by atoms with E-state index in [1.165, 1.54) is 19.9 Å². The fourth-order valence-corrected chi connectivity index (χ4v) is 9.87. The van der Waals surface area contributed by atoms with Gasteiger partial charge in [0.2, 0.25) is 0 Å². The highest BCUT2D eigenvalue weighted by Gasteiger charge is 2.27. The Kier molecular flexibility index (Phi) is 4.10. The molecule has 0 amide bonds. The van der Waals surface area contributed by atoms with E-state index in [2.05, 4.69) is 38.8 Å². The van der Waals surface area contributed by atoms with Gasteiger partial charge in [-0.2, -0.15) is 0 Å². The van der Waals surface area contributed by atoms with Crippen LogP contribution in [0, 0.1) is 0 Å². The number of rotatable bonds is 0. The summed E-state index contributed by atoms with van der Waals surface area (Å²) >= 11 is 13.7. The predicted molar refractivity (Wildman–Crippen MR) is 90.8 cm³/mol. The molecule has 0 nitrogen and oxygen atoms in total. The first-order valence-corrected chi connectivity index (χ1v) is 10.0. The molecule has 0 aromatic carbocycles. The summed E-state index contributed by atoms with van der Waals surface area (Å²) in [4.78, 5) is 0. The number of thioether (sulfide) groups is 6. The summed E-state index contributed by atoms with van der Waals surface area (Å²) in [5, 5.41) is 6.56. The summed E-state index contributed by atoms with van der Waals surface area (Å²) in [6.45, 7) is 0. The van der Waals surface area contributed by atoms with Crippen molar-refractivity contribution in [1.29, 1.82) is 0 Å². The van der Waals surface area contributed by atoms with Crippen LogP contribution in [0.3, 0.4) is 0 Å². The summed E-state index contributed by atoms with van der Waals surface area (Å²) < 4.78 is 7.20. The van der Waals surface area contributed by atoms with Crippen molar-refractivity contribution in [1.82, 2.24) is 0 Å². The van der Waals surface area contributed by atoms with Gasteiger partial charge in [-0.05, 0) is 38.8 Å². The zero-order valence-corrected chi connectivity index (χ0v) is 14.1. The molecule has 15 heavy (non-hydrogen) atoms. The largest absolute Gasteiger partial charge is 0.0884 e. The zero-order valence-electron chi connectivity index (χ0n) is 7.06. The molecule has 0 saturated heterocycles. The molecule has 0 aromatic rings. The van der Waals surface area contributed by atoms with E-state index in [1.54, 1.807) is 0 Å². The maximum absolute atomic E-state index is 2.39. The van der Waals surface area contributed by atoms with Crippen LogP contribution in [0.2, 0.25) is 0 Å². The molecule has 0 aromatic heterocycles. The van der Waals surface area contributed by atoms with Crippen LogP contribution < -0.4 is 0 Å². The lowest BCUT2D eigenvalue weighted by atomic mass is 11.2. The van der Waals surface area contributed by atoms with Gasteiger partial charge in [-0.1, -0.05) is 70.6 Å². The molecule has 3 heterocycles. The minimum absolute atomic E-state index is 1.38. The Labute approximate surface area is 128 Å². The van der Waals surface area contributed by atoms with E-state index < -0.39 is 0 Å². The van der Waals surface area contributed by atoms with Crippen molar-refractivity contribution in [2.75, 3.05) is 0 Å². The van der Waals surface area contributed by atoms with E-state index in [-0.39, 0.29) is 0 Å². The highest BCUT2D eigenvalue weighted by molar-refractivity contribution is 14.1. The van der Waals surface area contributed by atoms with Crippen LogP contribution in [-0.4, -0.2) is 0 Å². The average Bonchev–Trinajstić information content (AvgIpc) is 2.82. The van der Waals surface area contributed by atoms with Gasteiger partial charge in [0.1, 0.15) is 0 Å². The SMILES string of the molecule is IC1=CSC(=C2SC3=C(SC=CS3)S2)S1. The molecular weight excluding hydrogens is 415 g/mol. The second kappa shape index (κ2) is 5.19. The summed E-state index contributed by atoms with van der Waals surface area (Å²) in [5.74, 6) is 0. The van der Waals surface area contributed by atoms with Crippen molar-refractivity contribution in [3.63, 3.8) is 0 Å². The molecule has 7 heteroatoms. The third-order valence-corrected chi connectivity index (χ3v) is 10.8. The van der Waals surface area contributed by atoms with E-state index in [9.17, 15) is 0 Å². The van der Waals surface area contributed by atoms with E-state index in [0.29, 0.717) is 0 Å². The van der Waals surface area contributed by atoms with Crippen LogP contribution in [0.4, 0.5) is 0 Å². The number of hydrogen-bond donors (Lipinski definition) is 0. The van der Waals surface area contributed by atoms with E-state index in [0.717, 1.165) is 0 Å². The van der Waals surface area contributed by atoms with Crippen molar-refractivity contribution in [2.24, 2.45) is 0 Å². The molecule has 0 fully saturated rings.